The summed E-state index contributed by atoms with van der Waals surface area (Å²) in [6.45, 7) is 5.38. The van der Waals surface area contributed by atoms with Crippen molar-refractivity contribution in [3.05, 3.63) is 42.9 Å². The van der Waals surface area contributed by atoms with Crippen molar-refractivity contribution in [3.8, 4) is 5.75 Å². The van der Waals surface area contributed by atoms with Crippen LogP contribution in [0.5, 0.6) is 5.75 Å². The Morgan fingerprint density at radius 3 is 2.71 bits per heavy atom. The topological polar surface area (TPSA) is 173 Å². The molecular weight excluding hydrogens is 522 g/mol. The number of fused-ring (bicyclic) bond motifs is 1. The smallest absolute Gasteiger partial charge is 0.459 e. The molecule has 1 fully saturated rings. The second-order valence-corrected chi connectivity index (χ2v) is 10.9. The standard InChI is InChI=1S/C23H30FN6O7P/c1-13(2)35-20(32)14(3)29-38(33,37-15-8-6-5-7-9-15)34-11-17-18(31)23(4,24)21(36-17)30-12-27-16-10-26-22(25)28-19(16)30/h5-10,12-14,17-18,21,31H,11H2,1-4H3,(H,29,33)(H2,25,26,28)/t14?,17?,18-,21?,23-,38+/m1/s1. The fourth-order valence-corrected chi connectivity index (χ4v) is 5.37. The van der Waals surface area contributed by atoms with E-state index in [-0.39, 0.29) is 17.3 Å². The van der Waals surface area contributed by atoms with Gasteiger partial charge in [0.25, 0.3) is 0 Å². The number of nitrogens with two attached hydrogens (primary N) is 1. The number of aliphatic hydroxyl groups excluding tert-OH is 1. The van der Waals surface area contributed by atoms with E-state index in [1.807, 2.05) is 0 Å². The molecule has 206 valence electrons. The van der Waals surface area contributed by atoms with Crippen LogP contribution in [0.15, 0.2) is 42.9 Å². The Kier molecular flexibility index (Phi) is 8.00. The number of para-hydroxylation sites is 1. The normalized spacial score (nSPS) is 25.8. The van der Waals surface area contributed by atoms with Crippen molar-refractivity contribution < 1.29 is 37.4 Å². The monoisotopic (exact) mass is 552 g/mol. The van der Waals surface area contributed by atoms with Gasteiger partial charge in [0, 0.05) is 0 Å². The van der Waals surface area contributed by atoms with E-state index in [1.54, 1.807) is 44.2 Å². The van der Waals surface area contributed by atoms with Gasteiger partial charge in [-0.25, -0.2) is 18.9 Å². The van der Waals surface area contributed by atoms with E-state index in [0.717, 1.165) is 6.92 Å². The Morgan fingerprint density at radius 1 is 1.32 bits per heavy atom. The van der Waals surface area contributed by atoms with Gasteiger partial charge in [0.05, 0.1) is 25.2 Å². The lowest BCUT2D eigenvalue weighted by Gasteiger charge is -2.25. The molecule has 3 unspecified atom stereocenters. The summed E-state index contributed by atoms with van der Waals surface area (Å²) in [5.41, 5.74) is 3.89. The Labute approximate surface area is 218 Å². The van der Waals surface area contributed by atoms with Crippen LogP contribution in [0.2, 0.25) is 0 Å². The van der Waals surface area contributed by atoms with Crippen LogP contribution in [-0.2, 0) is 23.4 Å². The first-order valence-electron chi connectivity index (χ1n) is 11.8. The molecule has 0 bridgehead atoms. The summed E-state index contributed by atoms with van der Waals surface area (Å²) in [5.74, 6) is -0.535. The zero-order valence-corrected chi connectivity index (χ0v) is 22.1. The minimum absolute atomic E-state index is 0.0478. The molecule has 15 heteroatoms. The van der Waals surface area contributed by atoms with Crippen molar-refractivity contribution in [2.45, 2.75) is 63.9 Å². The van der Waals surface area contributed by atoms with Gasteiger partial charge < -0.3 is 24.8 Å². The summed E-state index contributed by atoms with van der Waals surface area (Å²) in [4.78, 5) is 24.4. The molecule has 1 aliphatic heterocycles. The molecule has 2 aromatic heterocycles. The van der Waals surface area contributed by atoms with Crippen molar-refractivity contribution in [3.63, 3.8) is 0 Å². The molecule has 3 heterocycles. The SMILES string of the molecule is CC(C)OC(=O)C(C)N[P@](=O)(OCC1OC(n2cnc3cnc(N)nc32)[C@](C)(F)[C@@H]1O)Oc1ccccc1. The van der Waals surface area contributed by atoms with E-state index < -0.39 is 56.6 Å². The second-order valence-electron chi connectivity index (χ2n) is 9.25. The van der Waals surface area contributed by atoms with Gasteiger partial charge in [0.2, 0.25) is 5.95 Å². The van der Waals surface area contributed by atoms with Gasteiger partial charge >= 0.3 is 13.7 Å². The Bertz CT molecular complexity index is 1320. The van der Waals surface area contributed by atoms with E-state index in [1.165, 1.54) is 24.0 Å². The number of nitrogens with zero attached hydrogens (tertiary/aromatic N) is 4. The van der Waals surface area contributed by atoms with Gasteiger partial charge in [-0.2, -0.15) is 10.1 Å². The minimum atomic E-state index is -4.26. The number of carbonyl (C=O) groups is 1. The van der Waals surface area contributed by atoms with Crippen molar-refractivity contribution in [1.29, 1.82) is 0 Å². The highest BCUT2D eigenvalue weighted by atomic mass is 31.2. The number of carbonyl (C=O) groups excluding carboxylic acids is 1. The summed E-state index contributed by atoms with van der Waals surface area (Å²) in [6.07, 6.45) is -2.07. The molecule has 13 nitrogen and oxygen atoms in total. The molecule has 4 rings (SSSR count). The molecule has 0 saturated carbocycles. The number of nitrogens with one attached hydrogen (secondary N) is 1. The number of rotatable bonds is 10. The molecule has 6 atom stereocenters. The molecule has 4 N–H and O–H groups in total. The van der Waals surface area contributed by atoms with E-state index >= 15 is 4.39 Å². The fraction of sp³-hybridized carbons (Fsp3) is 0.478. The summed E-state index contributed by atoms with van der Waals surface area (Å²) < 4.78 is 52.9. The number of benzene rings is 1. The van der Waals surface area contributed by atoms with E-state index in [2.05, 4.69) is 20.0 Å². The molecule has 0 spiro atoms. The van der Waals surface area contributed by atoms with Gasteiger partial charge in [0.1, 0.15) is 29.5 Å². The van der Waals surface area contributed by atoms with Gasteiger partial charge in [0.15, 0.2) is 17.5 Å². The lowest BCUT2D eigenvalue weighted by molar-refractivity contribution is -0.149. The van der Waals surface area contributed by atoms with E-state index in [0.29, 0.717) is 5.52 Å². The maximum atomic E-state index is 15.8. The zero-order valence-electron chi connectivity index (χ0n) is 21.2. The number of imidazole rings is 1. The predicted octanol–water partition coefficient (Wildman–Crippen LogP) is 2.53. The number of aliphatic hydroxyl groups is 1. The van der Waals surface area contributed by atoms with Crippen molar-refractivity contribution in [1.82, 2.24) is 24.6 Å². The number of esters is 1. The molecule has 1 aliphatic rings. The van der Waals surface area contributed by atoms with Crippen LogP contribution in [0.4, 0.5) is 10.3 Å². The number of ether oxygens (including phenoxy) is 2. The predicted molar refractivity (Wildman–Crippen MR) is 134 cm³/mol. The summed E-state index contributed by atoms with van der Waals surface area (Å²) in [7, 11) is -4.26. The van der Waals surface area contributed by atoms with Crippen molar-refractivity contribution in [2.75, 3.05) is 12.3 Å². The van der Waals surface area contributed by atoms with Crippen LogP contribution in [0.1, 0.15) is 33.9 Å². The van der Waals surface area contributed by atoms with Crippen LogP contribution >= 0.6 is 7.75 Å². The third-order valence-corrected chi connectivity index (χ3v) is 7.38. The molecular formula is C23H30FN6O7P. The number of aromatic nitrogens is 4. The van der Waals surface area contributed by atoms with Crippen molar-refractivity contribution in [2.24, 2.45) is 0 Å². The lowest BCUT2D eigenvalue weighted by Crippen LogP contribution is -2.41. The van der Waals surface area contributed by atoms with Crippen LogP contribution in [0.3, 0.4) is 0 Å². The summed E-state index contributed by atoms with van der Waals surface area (Å²) >= 11 is 0. The van der Waals surface area contributed by atoms with E-state index in [4.69, 9.17) is 24.3 Å². The first-order chi connectivity index (χ1) is 17.9. The number of anilines is 1. The van der Waals surface area contributed by atoms with Crippen molar-refractivity contribution >= 4 is 30.8 Å². The van der Waals surface area contributed by atoms with Gasteiger partial charge in [-0.05, 0) is 39.8 Å². The molecule has 3 aromatic rings. The summed E-state index contributed by atoms with van der Waals surface area (Å²) in [6, 6.07) is 7.06. The number of alkyl halides is 1. The van der Waals surface area contributed by atoms with Crippen LogP contribution in [0.25, 0.3) is 11.2 Å². The molecule has 0 radical (unpaired) electrons. The third-order valence-electron chi connectivity index (χ3n) is 5.74. The quantitative estimate of drug-likeness (QED) is 0.248. The largest absolute Gasteiger partial charge is 0.462 e. The first-order valence-corrected chi connectivity index (χ1v) is 13.4. The zero-order chi connectivity index (χ0) is 27.7. The Hall–Kier alpha value is -3.16. The van der Waals surface area contributed by atoms with Gasteiger partial charge in [-0.3, -0.25) is 13.9 Å². The van der Waals surface area contributed by atoms with Gasteiger partial charge in [-0.1, -0.05) is 18.2 Å². The highest BCUT2D eigenvalue weighted by Gasteiger charge is 2.56. The number of hydrogen-bond acceptors (Lipinski definition) is 11. The first kappa shape index (κ1) is 27.9. The summed E-state index contributed by atoms with van der Waals surface area (Å²) in [5, 5.41) is 13.3. The van der Waals surface area contributed by atoms with Crippen LogP contribution < -0.4 is 15.3 Å². The number of halogens is 1. The highest BCUT2D eigenvalue weighted by Crippen LogP contribution is 2.48. The number of hydrogen-bond donors (Lipinski definition) is 3. The molecule has 1 saturated heterocycles. The van der Waals surface area contributed by atoms with Gasteiger partial charge in [-0.15, -0.1) is 0 Å². The van der Waals surface area contributed by atoms with Crippen LogP contribution in [0, 0.1) is 0 Å². The molecule has 0 amide bonds. The average Bonchev–Trinajstić information content (AvgIpc) is 3.35. The van der Waals surface area contributed by atoms with Crippen LogP contribution in [-0.4, -0.2) is 67.2 Å². The molecule has 0 aliphatic carbocycles. The Morgan fingerprint density at radius 2 is 2.03 bits per heavy atom. The molecule has 1 aromatic carbocycles. The van der Waals surface area contributed by atoms with E-state index in [9.17, 15) is 14.5 Å². The highest BCUT2D eigenvalue weighted by molar-refractivity contribution is 7.52. The minimum Gasteiger partial charge on any atom is -0.462 e. The molecule has 38 heavy (non-hydrogen) atoms. The fourth-order valence-electron chi connectivity index (χ4n) is 3.87. The number of nitrogen functional groups attached to an aromatic ring is 1. The maximum Gasteiger partial charge on any atom is 0.459 e. The Balaban J connectivity index is 1.54. The average molecular weight is 553 g/mol. The lowest BCUT2D eigenvalue weighted by atomic mass is 9.98. The second kappa shape index (κ2) is 10.9. The maximum absolute atomic E-state index is 15.8. The third kappa shape index (κ3) is 5.94.